The summed E-state index contributed by atoms with van der Waals surface area (Å²) < 4.78 is 5.41. The van der Waals surface area contributed by atoms with Gasteiger partial charge >= 0.3 is 0 Å². The molecule has 3 aromatic rings. The van der Waals surface area contributed by atoms with Gasteiger partial charge in [0.2, 0.25) is 5.91 Å². The molecule has 0 saturated carbocycles. The minimum absolute atomic E-state index is 0.246. The van der Waals surface area contributed by atoms with Crippen molar-refractivity contribution in [3.8, 4) is 0 Å². The topological polar surface area (TPSA) is 79.4 Å². The number of rotatable bonds is 7. The smallest absolute Gasteiger partial charge is 0.247 e. The maximum Gasteiger partial charge on any atom is 0.247 e. The second-order valence-corrected chi connectivity index (χ2v) is 7.86. The number of anilines is 4. The van der Waals surface area contributed by atoms with Crippen LogP contribution in [-0.4, -0.2) is 42.2 Å². The molecule has 0 radical (unpaired) electrons. The van der Waals surface area contributed by atoms with Gasteiger partial charge in [-0.3, -0.25) is 4.79 Å². The van der Waals surface area contributed by atoms with Gasteiger partial charge in [-0.05, 0) is 66.4 Å². The van der Waals surface area contributed by atoms with Crippen LogP contribution in [0.4, 0.5) is 22.9 Å². The molecule has 1 fully saturated rings. The SMILES string of the molecule is C=CC(=O)Nc1cccc(Sc2nccc(Nc3ccc(N4CCOCC4)cc3)n2)c1. The third kappa shape index (κ3) is 5.84. The Balaban J connectivity index is 1.41. The van der Waals surface area contributed by atoms with Crippen molar-refractivity contribution in [3.63, 3.8) is 0 Å². The van der Waals surface area contributed by atoms with E-state index >= 15 is 0 Å². The number of amides is 1. The number of ether oxygens (including phenoxy) is 1. The van der Waals surface area contributed by atoms with E-state index in [4.69, 9.17) is 4.74 Å². The molecule has 1 amide bonds. The lowest BCUT2D eigenvalue weighted by atomic mass is 10.2. The van der Waals surface area contributed by atoms with Gasteiger partial charge in [-0.15, -0.1) is 0 Å². The van der Waals surface area contributed by atoms with E-state index in [1.807, 2.05) is 42.5 Å². The third-order valence-corrected chi connectivity index (χ3v) is 5.51. The summed E-state index contributed by atoms with van der Waals surface area (Å²) in [5.74, 6) is 0.469. The Hall–Kier alpha value is -3.36. The van der Waals surface area contributed by atoms with Crippen LogP contribution in [0.5, 0.6) is 0 Å². The van der Waals surface area contributed by atoms with Gasteiger partial charge in [-0.1, -0.05) is 12.6 Å². The van der Waals surface area contributed by atoms with Gasteiger partial charge in [0.1, 0.15) is 5.82 Å². The third-order valence-electron chi connectivity index (χ3n) is 4.65. The highest BCUT2D eigenvalue weighted by Crippen LogP contribution is 2.28. The van der Waals surface area contributed by atoms with Crippen molar-refractivity contribution in [2.45, 2.75) is 10.1 Å². The van der Waals surface area contributed by atoms with E-state index in [2.05, 4.69) is 44.2 Å². The summed E-state index contributed by atoms with van der Waals surface area (Å²) in [6.07, 6.45) is 2.97. The average Bonchev–Trinajstić information content (AvgIpc) is 2.80. The molecule has 158 valence electrons. The van der Waals surface area contributed by atoms with Crippen molar-refractivity contribution in [2.24, 2.45) is 0 Å². The van der Waals surface area contributed by atoms with Crippen molar-refractivity contribution in [1.29, 1.82) is 0 Å². The molecule has 2 aromatic carbocycles. The molecule has 0 spiro atoms. The number of nitrogens with one attached hydrogen (secondary N) is 2. The summed E-state index contributed by atoms with van der Waals surface area (Å²) >= 11 is 1.42. The molecule has 0 bridgehead atoms. The van der Waals surface area contributed by atoms with Crippen molar-refractivity contribution >= 4 is 40.5 Å². The molecule has 31 heavy (non-hydrogen) atoms. The van der Waals surface area contributed by atoms with Gasteiger partial charge in [0.25, 0.3) is 0 Å². The van der Waals surface area contributed by atoms with Crippen LogP contribution in [0, 0.1) is 0 Å². The summed E-state index contributed by atoms with van der Waals surface area (Å²) in [4.78, 5) is 23.7. The van der Waals surface area contributed by atoms with Crippen LogP contribution in [0.15, 0.2) is 83.5 Å². The van der Waals surface area contributed by atoms with Gasteiger partial charge in [0.05, 0.1) is 13.2 Å². The Kier molecular flexibility index (Phi) is 6.81. The largest absolute Gasteiger partial charge is 0.378 e. The lowest BCUT2D eigenvalue weighted by molar-refractivity contribution is -0.111. The van der Waals surface area contributed by atoms with E-state index in [9.17, 15) is 4.79 Å². The summed E-state index contributed by atoms with van der Waals surface area (Å²) in [5.41, 5.74) is 2.85. The highest BCUT2D eigenvalue weighted by atomic mass is 32.2. The maximum absolute atomic E-state index is 11.5. The van der Waals surface area contributed by atoms with Crippen molar-refractivity contribution in [3.05, 3.63) is 73.4 Å². The second-order valence-electron chi connectivity index (χ2n) is 6.82. The van der Waals surface area contributed by atoms with Crippen LogP contribution in [0.2, 0.25) is 0 Å². The maximum atomic E-state index is 11.5. The van der Waals surface area contributed by atoms with Crippen LogP contribution in [0.3, 0.4) is 0 Å². The highest BCUT2D eigenvalue weighted by molar-refractivity contribution is 7.99. The Morgan fingerprint density at radius 2 is 1.90 bits per heavy atom. The predicted octanol–water partition coefficient (Wildman–Crippen LogP) is 4.33. The van der Waals surface area contributed by atoms with Crippen LogP contribution in [-0.2, 0) is 9.53 Å². The standard InChI is InChI=1S/C23H23N5O2S/c1-2-22(29)26-18-4-3-5-20(16-18)31-23-24-11-10-21(27-23)25-17-6-8-19(9-7-17)28-12-14-30-15-13-28/h2-11,16H,1,12-15H2,(H,26,29)(H,24,25,27). The molecular weight excluding hydrogens is 410 g/mol. The van der Waals surface area contributed by atoms with Gasteiger partial charge in [0.15, 0.2) is 5.16 Å². The van der Waals surface area contributed by atoms with Crippen LogP contribution in [0.25, 0.3) is 0 Å². The molecule has 4 rings (SSSR count). The quantitative estimate of drug-likeness (QED) is 0.424. The molecule has 7 nitrogen and oxygen atoms in total. The molecular formula is C23H23N5O2S. The molecule has 2 heterocycles. The summed E-state index contributed by atoms with van der Waals surface area (Å²) in [6, 6.07) is 17.7. The number of aromatic nitrogens is 2. The zero-order valence-corrected chi connectivity index (χ0v) is 17.8. The highest BCUT2D eigenvalue weighted by Gasteiger charge is 2.11. The molecule has 0 aliphatic carbocycles. The van der Waals surface area contributed by atoms with Gasteiger partial charge in [0, 0.05) is 41.2 Å². The fourth-order valence-corrected chi connectivity index (χ4v) is 3.92. The minimum atomic E-state index is -0.246. The number of nitrogens with zero attached hydrogens (tertiary/aromatic N) is 3. The zero-order valence-electron chi connectivity index (χ0n) is 17.0. The molecule has 1 aromatic heterocycles. The van der Waals surface area contributed by atoms with E-state index < -0.39 is 0 Å². The van der Waals surface area contributed by atoms with Gasteiger partial charge in [-0.2, -0.15) is 0 Å². The van der Waals surface area contributed by atoms with Gasteiger partial charge in [-0.25, -0.2) is 9.97 Å². The van der Waals surface area contributed by atoms with E-state index in [1.54, 1.807) is 6.20 Å². The zero-order chi connectivity index (χ0) is 21.5. The van der Waals surface area contributed by atoms with Crippen molar-refractivity contribution < 1.29 is 9.53 Å². The molecule has 0 unspecified atom stereocenters. The molecule has 2 N–H and O–H groups in total. The predicted molar refractivity (Wildman–Crippen MR) is 124 cm³/mol. The normalized spacial score (nSPS) is 13.5. The minimum Gasteiger partial charge on any atom is -0.378 e. The van der Waals surface area contributed by atoms with Crippen molar-refractivity contribution in [1.82, 2.24) is 9.97 Å². The van der Waals surface area contributed by atoms with E-state index in [0.29, 0.717) is 16.7 Å². The van der Waals surface area contributed by atoms with Gasteiger partial charge < -0.3 is 20.3 Å². The first-order valence-corrected chi connectivity index (χ1v) is 10.8. The molecule has 1 aliphatic heterocycles. The fraction of sp³-hybridized carbons (Fsp3) is 0.174. The number of hydrogen-bond acceptors (Lipinski definition) is 7. The number of hydrogen-bond donors (Lipinski definition) is 2. The number of morpholine rings is 1. The lowest BCUT2D eigenvalue weighted by Gasteiger charge is -2.28. The van der Waals surface area contributed by atoms with Crippen LogP contribution >= 0.6 is 11.8 Å². The molecule has 1 saturated heterocycles. The molecule has 8 heteroatoms. The van der Waals surface area contributed by atoms with Crippen molar-refractivity contribution in [2.75, 3.05) is 41.8 Å². The van der Waals surface area contributed by atoms with E-state index in [0.717, 1.165) is 36.9 Å². The van der Waals surface area contributed by atoms with Crippen LogP contribution < -0.4 is 15.5 Å². The first kappa shape index (κ1) is 20.9. The summed E-state index contributed by atoms with van der Waals surface area (Å²) in [5, 5.41) is 6.70. The first-order chi connectivity index (χ1) is 15.2. The first-order valence-electron chi connectivity index (χ1n) is 9.94. The Morgan fingerprint density at radius 1 is 1.10 bits per heavy atom. The lowest BCUT2D eigenvalue weighted by Crippen LogP contribution is -2.36. The second kappa shape index (κ2) is 10.1. The average molecular weight is 434 g/mol. The number of carbonyl (C=O) groups excluding carboxylic acids is 1. The Bertz CT molecular complexity index is 1050. The van der Waals surface area contributed by atoms with E-state index in [1.165, 1.54) is 23.5 Å². The number of benzene rings is 2. The fourth-order valence-electron chi connectivity index (χ4n) is 3.12. The summed E-state index contributed by atoms with van der Waals surface area (Å²) in [7, 11) is 0. The Labute approximate surface area is 185 Å². The molecule has 0 atom stereocenters. The Morgan fingerprint density at radius 3 is 2.68 bits per heavy atom. The van der Waals surface area contributed by atoms with Crippen LogP contribution in [0.1, 0.15) is 0 Å². The monoisotopic (exact) mass is 433 g/mol. The number of carbonyl (C=O) groups is 1. The van der Waals surface area contributed by atoms with E-state index in [-0.39, 0.29) is 5.91 Å². The summed E-state index contributed by atoms with van der Waals surface area (Å²) in [6.45, 7) is 6.83. The molecule has 1 aliphatic rings.